The molecule has 0 fully saturated rings. The minimum atomic E-state index is 0.319. The first kappa shape index (κ1) is 15.3. The fourth-order valence-corrected chi connectivity index (χ4v) is 4.54. The summed E-state index contributed by atoms with van der Waals surface area (Å²) in [6.07, 6.45) is 0. The highest BCUT2D eigenvalue weighted by atomic mass is 35.5. The molecule has 4 rings (SSSR count). The van der Waals surface area contributed by atoms with Crippen LogP contribution in [0.25, 0.3) is 22.5 Å². The third-order valence-corrected chi connectivity index (χ3v) is 5.70. The number of aliphatic hydroxyl groups is 1. The molecule has 24 heavy (non-hydrogen) atoms. The Bertz CT molecular complexity index is 944. The molecule has 0 saturated heterocycles. The van der Waals surface area contributed by atoms with Gasteiger partial charge in [-0.25, -0.2) is 0 Å². The first-order chi connectivity index (χ1) is 11.7. The minimum Gasteiger partial charge on any atom is -0.507 e. The number of nitrogens with one attached hydrogen (secondary N) is 1. The van der Waals surface area contributed by atoms with Crippen LogP contribution in [0.2, 0.25) is 4.34 Å². The lowest BCUT2D eigenvalue weighted by atomic mass is 9.93. The minimum absolute atomic E-state index is 0.319. The van der Waals surface area contributed by atoms with Gasteiger partial charge in [0, 0.05) is 17.7 Å². The van der Waals surface area contributed by atoms with Crippen molar-refractivity contribution in [2.45, 2.75) is 6.92 Å². The van der Waals surface area contributed by atoms with Gasteiger partial charge in [0.2, 0.25) is 0 Å². The van der Waals surface area contributed by atoms with Crippen molar-refractivity contribution in [3.63, 3.8) is 0 Å². The summed E-state index contributed by atoms with van der Waals surface area (Å²) in [5.74, 6) is 0.319. The van der Waals surface area contributed by atoms with Gasteiger partial charge in [0.15, 0.2) is 0 Å². The van der Waals surface area contributed by atoms with Crippen molar-refractivity contribution >= 4 is 39.3 Å². The molecule has 1 aliphatic rings. The van der Waals surface area contributed by atoms with E-state index in [0.717, 1.165) is 38.4 Å². The Morgan fingerprint density at radius 2 is 1.71 bits per heavy atom. The Morgan fingerprint density at radius 3 is 2.46 bits per heavy atom. The molecule has 0 bridgehead atoms. The van der Waals surface area contributed by atoms with Crippen LogP contribution in [0.4, 0.5) is 5.00 Å². The zero-order valence-corrected chi connectivity index (χ0v) is 14.7. The molecule has 2 heterocycles. The predicted octanol–water partition coefficient (Wildman–Crippen LogP) is 6.23. The van der Waals surface area contributed by atoms with Crippen LogP contribution in [0.3, 0.4) is 0 Å². The van der Waals surface area contributed by atoms with Gasteiger partial charge in [0.05, 0.1) is 5.56 Å². The third kappa shape index (κ3) is 2.41. The van der Waals surface area contributed by atoms with Crippen molar-refractivity contribution in [2.24, 2.45) is 0 Å². The van der Waals surface area contributed by atoms with Crippen molar-refractivity contribution in [3.05, 3.63) is 75.6 Å². The fourth-order valence-electron chi connectivity index (χ4n) is 3.15. The van der Waals surface area contributed by atoms with Crippen molar-refractivity contribution in [1.82, 2.24) is 0 Å². The van der Waals surface area contributed by atoms with Crippen LogP contribution in [0, 0.1) is 6.92 Å². The van der Waals surface area contributed by atoms with Crippen LogP contribution >= 0.6 is 22.9 Å². The van der Waals surface area contributed by atoms with Gasteiger partial charge in [-0.15, -0.1) is 11.3 Å². The van der Waals surface area contributed by atoms with Crippen LogP contribution in [-0.4, -0.2) is 11.7 Å². The monoisotopic (exact) mass is 353 g/mol. The van der Waals surface area contributed by atoms with Gasteiger partial charge >= 0.3 is 0 Å². The Hall–Kier alpha value is -2.23. The van der Waals surface area contributed by atoms with Crippen molar-refractivity contribution in [3.8, 4) is 11.1 Å². The van der Waals surface area contributed by atoms with E-state index in [1.165, 1.54) is 11.3 Å². The Balaban J connectivity index is 1.95. The lowest BCUT2D eigenvalue weighted by Gasteiger charge is -2.21. The second-order valence-electron chi connectivity index (χ2n) is 5.82. The number of fused-ring (bicyclic) bond motifs is 1. The maximum Gasteiger partial charge on any atom is 0.132 e. The SMILES string of the molecule is Cc1ccccc1C1=C(O)c2c(sc(Cl)c2-c2ccccc2)NC1. The maximum atomic E-state index is 11.0. The normalized spacial score (nSPS) is 13.6. The van der Waals surface area contributed by atoms with Crippen LogP contribution in [-0.2, 0) is 0 Å². The number of anilines is 1. The molecule has 0 radical (unpaired) electrons. The number of aryl methyl sites for hydroxylation is 1. The summed E-state index contributed by atoms with van der Waals surface area (Å²) >= 11 is 7.98. The zero-order chi connectivity index (χ0) is 16.7. The van der Waals surface area contributed by atoms with Crippen LogP contribution < -0.4 is 5.32 Å². The Kier molecular flexibility index (Phi) is 3.83. The van der Waals surface area contributed by atoms with E-state index in [0.29, 0.717) is 16.6 Å². The summed E-state index contributed by atoms with van der Waals surface area (Å²) in [5, 5.41) is 15.4. The molecule has 2 nitrogen and oxygen atoms in total. The molecule has 0 spiro atoms. The second kappa shape index (κ2) is 6.00. The van der Waals surface area contributed by atoms with Crippen molar-refractivity contribution in [1.29, 1.82) is 0 Å². The van der Waals surface area contributed by atoms with Crippen molar-refractivity contribution < 1.29 is 5.11 Å². The first-order valence-corrected chi connectivity index (χ1v) is 8.96. The van der Waals surface area contributed by atoms with Gasteiger partial charge < -0.3 is 10.4 Å². The number of halogens is 1. The summed E-state index contributed by atoms with van der Waals surface area (Å²) in [6, 6.07) is 18.1. The van der Waals surface area contributed by atoms with E-state index < -0.39 is 0 Å². The van der Waals surface area contributed by atoms with E-state index >= 15 is 0 Å². The smallest absolute Gasteiger partial charge is 0.132 e. The van der Waals surface area contributed by atoms with Crippen molar-refractivity contribution in [2.75, 3.05) is 11.9 Å². The number of thiophene rings is 1. The Morgan fingerprint density at radius 1 is 1.00 bits per heavy atom. The average molecular weight is 354 g/mol. The lowest BCUT2D eigenvalue weighted by molar-refractivity contribution is 0.512. The zero-order valence-electron chi connectivity index (χ0n) is 13.1. The molecule has 0 unspecified atom stereocenters. The number of benzene rings is 2. The highest BCUT2D eigenvalue weighted by Crippen LogP contribution is 2.49. The highest BCUT2D eigenvalue weighted by Gasteiger charge is 2.28. The van der Waals surface area contributed by atoms with E-state index in [4.69, 9.17) is 11.6 Å². The maximum absolute atomic E-state index is 11.0. The molecule has 2 aromatic carbocycles. The molecule has 120 valence electrons. The molecule has 1 aliphatic heterocycles. The van der Waals surface area contributed by atoms with E-state index in [2.05, 4.69) is 18.3 Å². The summed E-state index contributed by atoms with van der Waals surface area (Å²) in [4.78, 5) is 0. The molecule has 0 aliphatic carbocycles. The van der Waals surface area contributed by atoms with Gasteiger partial charge in [0.25, 0.3) is 0 Å². The summed E-state index contributed by atoms with van der Waals surface area (Å²) < 4.78 is 0.691. The van der Waals surface area contributed by atoms with Crippen LogP contribution in [0.1, 0.15) is 16.7 Å². The molecular weight excluding hydrogens is 338 g/mol. The van der Waals surface area contributed by atoms with Gasteiger partial charge in [-0.2, -0.15) is 0 Å². The first-order valence-electron chi connectivity index (χ1n) is 7.77. The topological polar surface area (TPSA) is 32.3 Å². The summed E-state index contributed by atoms with van der Waals surface area (Å²) in [5.41, 5.74) is 5.83. The average Bonchev–Trinajstić information content (AvgIpc) is 2.94. The Labute approximate surface area is 150 Å². The van der Waals surface area contributed by atoms with Gasteiger partial charge in [0.1, 0.15) is 15.1 Å². The molecule has 0 saturated carbocycles. The number of rotatable bonds is 2. The molecule has 1 aromatic heterocycles. The molecule has 0 atom stereocenters. The van der Waals surface area contributed by atoms with Crippen LogP contribution in [0.5, 0.6) is 0 Å². The van der Waals surface area contributed by atoms with E-state index in [9.17, 15) is 5.11 Å². The lowest BCUT2D eigenvalue weighted by Crippen LogP contribution is -2.12. The van der Waals surface area contributed by atoms with E-state index in [1.54, 1.807) is 0 Å². The quantitative estimate of drug-likeness (QED) is 0.572. The predicted molar refractivity (Wildman–Crippen MR) is 104 cm³/mol. The standard InChI is InChI=1S/C20H16ClNOS/c1-12-7-5-6-10-14(12)15-11-22-20-17(18(15)23)16(19(21)24-20)13-8-3-2-4-9-13/h2-10,22-23H,11H2,1H3. The second-order valence-corrected chi connectivity index (χ2v) is 7.44. The van der Waals surface area contributed by atoms with Crippen LogP contribution in [0.15, 0.2) is 54.6 Å². The summed E-state index contributed by atoms with van der Waals surface area (Å²) in [7, 11) is 0. The molecule has 3 aromatic rings. The number of aliphatic hydroxyl groups excluding tert-OH is 1. The van der Waals surface area contributed by atoms with Gasteiger partial charge in [-0.1, -0.05) is 66.2 Å². The molecular formula is C20H16ClNOS. The number of hydrogen-bond donors (Lipinski definition) is 2. The molecule has 0 amide bonds. The highest BCUT2D eigenvalue weighted by molar-refractivity contribution is 7.21. The molecule has 4 heteroatoms. The van der Waals surface area contributed by atoms with Gasteiger partial charge in [-0.3, -0.25) is 0 Å². The third-order valence-electron chi connectivity index (χ3n) is 4.35. The van der Waals surface area contributed by atoms with E-state index in [-0.39, 0.29) is 0 Å². The largest absolute Gasteiger partial charge is 0.507 e. The van der Waals surface area contributed by atoms with E-state index in [1.807, 2.05) is 48.5 Å². The summed E-state index contributed by atoms with van der Waals surface area (Å²) in [6.45, 7) is 2.65. The number of hydrogen-bond acceptors (Lipinski definition) is 3. The fraction of sp³-hybridized carbons (Fsp3) is 0.100. The van der Waals surface area contributed by atoms with Gasteiger partial charge in [-0.05, 0) is 23.6 Å². The molecule has 2 N–H and O–H groups in total.